The molecule has 0 heterocycles. The minimum absolute atomic E-state index is 0.260. The largest absolute Gasteiger partial charge is 0.343 e. The number of rotatable bonds is 3. The van der Waals surface area contributed by atoms with Crippen molar-refractivity contribution in [2.45, 2.75) is 57.0 Å². The molecule has 2 rings (SSSR count). The van der Waals surface area contributed by atoms with Crippen LogP contribution in [0.1, 0.15) is 44.9 Å². The first-order chi connectivity index (χ1) is 7.18. The molecule has 0 aliphatic heterocycles. The lowest BCUT2D eigenvalue weighted by Gasteiger charge is -2.29. The Morgan fingerprint density at radius 3 is 2.53 bits per heavy atom. The molecule has 2 atom stereocenters. The monoisotopic (exact) mass is 210 g/mol. The number of hydrogen-bond acceptors (Lipinski definition) is 2. The van der Waals surface area contributed by atoms with Crippen LogP contribution in [-0.4, -0.2) is 29.9 Å². The average Bonchev–Trinajstić information content (AvgIpc) is 3.04. The molecule has 0 aromatic carbocycles. The highest BCUT2D eigenvalue weighted by molar-refractivity contribution is 5.76. The fourth-order valence-electron chi connectivity index (χ4n) is 2.52. The van der Waals surface area contributed by atoms with Gasteiger partial charge in [0, 0.05) is 25.6 Å². The van der Waals surface area contributed by atoms with E-state index in [9.17, 15) is 4.79 Å². The molecule has 3 heteroatoms. The predicted molar refractivity (Wildman–Crippen MR) is 60.3 cm³/mol. The Balaban J connectivity index is 1.81. The van der Waals surface area contributed by atoms with Crippen molar-refractivity contribution in [1.29, 1.82) is 0 Å². The highest BCUT2D eigenvalue weighted by Gasteiger charge is 2.32. The normalized spacial score (nSPS) is 31.3. The number of nitrogens with two attached hydrogens (primary N) is 1. The van der Waals surface area contributed by atoms with Crippen molar-refractivity contribution in [3.05, 3.63) is 0 Å². The van der Waals surface area contributed by atoms with E-state index in [2.05, 4.69) is 0 Å². The van der Waals surface area contributed by atoms with Gasteiger partial charge in [0.15, 0.2) is 0 Å². The van der Waals surface area contributed by atoms with Gasteiger partial charge in [-0.3, -0.25) is 4.79 Å². The van der Waals surface area contributed by atoms with E-state index in [-0.39, 0.29) is 6.04 Å². The van der Waals surface area contributed by atoms with E-state index in [4.69, 9.17) is 5.73 Å². The molecule has 3 nitrogen and oxygen atoms in total. The summed E-state index contributed by atoms with van der Waals surface area (Å²) in [5.41, 5.74) is 6.05. The lowest BCUT2D eigenvalue weighted by atomic mass is 9.83. The number of nitrogens with zero attached hydrogens (tertiary/aromatic N) is 1. The quantitative estimate of drug-likeness (QED) is 0.767. The number of carbonyl (C=O) groups is 1. The standard InChI is InChI=1S/C12H22N2O/c1-14(10-6-7-10)12(15)8-9-4-2-3-5-11(9)13/h9-11H,2-8,13H2,1H3. The highest BCUT2D eigenvalue weighted by atomic mass is 16.2. The second-order valence-corrected chi connectivity index (χ2v) is 5.15. The summed E-state index contributed by atoms with van der Waals surface area (Å²) in [6.07, 6.45) is 7.80. The molecule has 2 unspecified atom stereocenters. The second-order valence-electron chi connectivity index (χ2n) is 5.15. The summed E-state index contributed by atoms with van der Waals surface area (Å²) in [5, 5.41) is 0. The van der Waals surface area contributed by atoms with Gasteiger partial charge in [0.2, 0.25) is 5.91 Å². The van der Waals surface area contributed by atoms with Crippen LogP contribution in [0.4, 0.5) is 0 Å². The average molecular weight is 210 g/mol. The maximum absolute atomic E-state index is 11.9. The Labute approximate surface area is 92.0 Å². The zero-order valence-electron chi connectivity index (χ0n) is 9.61. The lowest BCUT2D eigenvalue weighted by Crippen LogP contribution is -2.38. The zero-order chi connectivity index (χ0) is 10.8. The molecule has 0 spiro atoms. The topological polar surface area (TPSA) is 46.3 Å². The van der Waals surface area contributed by atoms with Gasteiger partial charge in [-0.15, -0.1) is 0 Å². The van der Waals surface area contributed by atoms with Crippen LogP contribution in [0.5, 0.6) is 0 Å². The third kappa shape index (κ3) is 2.71. The van der Waals surface area contributed by atoms with Crippen molar-refractivity contribution in [2.24, 2.45) is 11.7 Å². The highest BCUT2D eigenvalue weighted by Crippen LogP contribution is 2.29. The van der Waals surface area contributed by atoms with E-state index >= 15 is 0 Å². The first kappa shape index (κ1) is 10.9. The minimum atomic E-state index is 0.260. The Morgan fingerprint density at radius 1 is 1.27 bits per heavy atom. The summed E-state index contributed by atoms with van der Waals surface area (Å²) in [4.78, 5) is 13.8. The van der Waals surface area contributed by atoms with Gasteiger partial charge in [-0.2, -0.15) is 0 Å². The summed E-state index contributed by atoms with van der Waals surface area (Å²) >= 11 is 0. The van der Waals surface area contributed by atoms with Crippen molar-refractivity contribution >= 4 is 5.91 Å². The van der Waals surface area contributed by atoms with E-state index in [0.717, 1.165) is 12.8 Å². The van der Waals surface area contributed by atoms with Crippen molar-refractivity contribution in [1.82, 2.24) is 4.90 Å². The summed E-state index contributed by atoms with van der Waals surface area (Å²) in [6, 6.07) is 0.799. The van der Waals surface area contributed by atoms with E-state index in [0.29, 0.717) is 24.3 Å². The van der Waals surface area contributed by atoms with Crippen molar-refractivity contribution in [3.8, 4) is 0 Å². The van der Waals surface area contributed by atoms with Crippen LogP contribution in [0.15, 0.2) is 0 Å². The minimum Gasteiger partial charge on any atom is -0.343 e. The lowest BCUT2D eigenvalue weighted by molar-refractivity contribution is -0.131. The number of amides is 1. The van der Waals surface area contributed by atoms with Gasteiger partial charge in [0.1, 0.15) is 0 Å². The maximum Gasteiger partial charge on any atom is 0.222 e. The molecule has 2 fully saturated rings. The summed E-state index contributed by atoms with van der Waals surface area (Å²) < 4.78 is 0. The molecule has 0 aromatic heterocycles. The molecular formula is C12H22N2O. The molecular weight excluding hydrogens is 188 g/mol. The Bertz CT molecular complexity index is 238. The van der Waals surface area contributed by atoms with Gasteiger partial charge < -0.3 is 10.6 Å². The summed E-state index contributed by atoms with van der Waals surface area (Å²) in [5.74, 6) is 0.743. The molecule has 2 saturated carbocycles. The summed E-state index contributed by atoms with van der Waals surface area (Å²) in [7, 11) is 1.94. The van der Waals surface area contributed by atoms with E-state index in [1.54, 1.807) is 0 Å². The third-order valence-corrected chi connectivity index (χ3v) is 3.89. The first-order valence-corrected chi connectivity index (χ1v) is 6.19. The molecule has 0 aromatic rings. The van der Waals surface area contributed by atoms with Crippen LogP contribution >= 0.6 is 0 Å². The second kappa shape index (κ2) is 4.52. The molecule has 0 radical (unpaired) electrons. The Kier molecular flexibility index (Phi) is 3.29. The van der Waals surface area contributed by atoms with Crippen LogP contribution in [0.25, 0.3) is 0 Å². The van der Waals surface area contributed by atoms with Gasteiger partial charge in [0.25, 0.3) is 0 Å². The molecule has 15 heavy (non-hydrogen) atoms. The van der Waals surface area contributed by atoms with Gasteiger partial charge in [-0.1, -0.05) is 12.8 Å². The molecule has 0 bridgehead atoms. The summed E-state index contributed by atoms with van der Waals surface area (Å²) in [6.45, 7) is 0. The zero-order valence-corrected chi connectivity index (χ0v) is 9.61. The smallest absolute Gasteiger partial charge is 0.222 e. The van der Waals surface area contributed by atoms with E-state index in [1.165, 1.54) is 25.7 Å². The SMILES string of the molecule is CN(C(=O)CC1CCCCC1N)C1CC1. The van der Waals surface area contributed by atoms with Gasteiger partial charge in [-0.25, -0.2) is 0 Å². The molecule has 86 valence electrons. The molecule has 0 saturated heterocycles. The molecule has 1 amide bonds. The molecule has 2 N–H and O–H groups in total. The Morgan fingerprint density at radius 2 is 1.93 bits per heavy atom. The van der Waals surface area contributed by atoms with Crippen molar-refractivity contribution in [3.63, 3.8) is 0 Å². The van der Waals surface area contributed by atoms with Crippen LogP contribution in [0.3, 0.4) is 0 Å². The van der Waals surface area contributed by atoms with E-state index in [1.807, 2.05) is 11.9 Å². The number of hydrogen-bond donors (Lipinski definition) is 1. The van der Waals surface area contributed by atoms with Gasteiger partial charge in [-0.05, 0) is 31.6 Å². The van der Waals surface area contributed by atoms with Gasteiger partial charge in [0.05, 0.1) is 0 Å². The van der Waals surface area contributed by atoms with Crippen LogP contribution < -0.4 is 5.73 Å². The molecule has 2 aliphatic rings. The van der Waals surface area contributed by atoms with Crippen molar-refractivity contribution in [2.75, 3.05) is 7.05 Å². The Hall–Kier alpha value is -0.570. The van der Waals surface area contributed by atoms with Crippen LogP contribution in [0.2, 0.25) is 0 Å². The maximum atomic E-state index is 11.9. The van der Waals surface area contributed by atoms with Gasteiger partial charge >= 0.3 is 0 Å². The third-order valence-electron chi connectivity index (χ3n) is 3.89. The fourth-order valence-corrected chi connectivity index (χ4v) is 2.52. The number of carbonyl (C=O) groups excluding carboxylic acids is 1. The van der Waals surface area contributed by atoms with E-state index < -0.39 is 0 Å². The molecule has 2 aliphatic carbocycles. The fraction of sp³-hybridized carbons (Fsp3) is 0.917. The predicted octanol–water partition coefficient (Wildman–Crippen LogP) is 1.51. The first-order valence-electron chi connectivity index (χ1n) is 6.19. The van der Waals surface area contributed by atoms with Crippen LogP contribution in [0, 0.1) is 5.92 Å². The van der Waals surface area contributed by atoms with Crippen LogP contribution in [-0.2, 0) is 4.79 Å². The van der Waals surface area contributed by atoms with Crippen molar-refractivity contribution < 1.29 is 4.79 Å².